The average Bonchev–Trinajstić information content (AvgIpc) is 3.36. The minimum absolute atomic E-state index is 0.0625. The molecule has 0 spiro atoms. The van der Waals surface area contributed by atoms with Crippen molar-refractivity contribution in [3.05, 3.63) is 57.7 Å². The number of H-pyrrole nitrogens is 1. The standard InChI is InChI=1S/C26H32FN3O/c1-3-4-23-17(2)22(16-28-23)18-7-11-29(12-8-18)13-9-19-15-20-10-14-30-24(31)6-5-21(25(19)27)26(20)30/h3-4,15-16,18,28H,5-14H2,1-2H3/b4-3-. The molecule has 0 aliphatic carbocycles. The number of hydrogen-bond acceptors (Lipinski definition) is 2. The Balaban J connectivity index is 1.22. The Labute approximate surface area is 184 Å². The Hall–Kier alpha value is -2.40. The second-order valence-electron chi connectivity index (χ2n) is 9.28. The van der Waals surface area contributed by atoms with Gasteiger partial charge in [0, 0.05) is 37.0 Å². The topological polar surface area (TPSA) is 39.3 Å². The highest BCUT2D eigenvalue weighted by atomic mass is 19.1. The normalized spacial score (nSPS) is 19.6. The summed E-state index contributed by atoms with van der Waals surface area (Å²) in [5, 5.41) is 0. The number of carbonyl (C=O) groups excluding carboxylic acids is 1. The molecule has 31 heavy (non-hydrogen) atoms. The zero-order chi connectivity index (χ0) is 21.5. The van der Waals surface area contributed by atoms with E-state index in [4.69, 9.17) is 0 Å². The van der Waals surface area contributed by atoms with Crippen LogP contribution < -0.4 is 4.90 Å². The quantitative estimate of drug-likeness (QED) is 0.757. The molecule has 0 unspecified atom stereocenters. The Bertz CT molecular complexity index is 1030. The summed E-state index contributed by atoms with van der Waals surface area (Å²) < 4.78 is 15.2. The maximum atomic E-state index is 15.2. The Morgan fingerprint density at radius 1 is 1.19 bits per heavy atom. The predicted octanol–water partition coefficient (Wildman–Crippen LogP) is 4.75. The molecule has 4 heterocycles. The first kappa shape index (κ1) is 20.5. The number of anilines is 1. The van der Waals surface area contributed by atoms with E-state index in [9.17, 15) is 4.79 Å². The van der Waals surface area contributed by atoms with E-state index in [0.717, 1.165) is 67.7 Å². The highest BCUT2D eigenvalue weighted by Gasteiger charge is 2.34. The number of halogens is 1. The second-order valence-corrected chi connectivity index (χ2v) is 9.28. The van der Waals surface area contributed by atoms with Crippen LogP contribution in [0.4, 0.5) is 10.1 Å². The molecule has 164 valence electrons. The van der Waals surface area contributed by atoms with Gasteiger partial charge >= 0.3 is 0 Å². The lowest BCUT2D eigenvalue weighted by atomic mass is 9.88. The van der Waals surface area contributed by atoms with Crippen LogP contribution in [0.5, 0.6) is 0 Å². The molecule has 2 aromatic rings. The van der Waals surface area contributed by atoms with Gasteiger partial charge in [0.15, 0.2) is 0 Å². The molecular weight excluding hydrogens is 389 g/mol. The highest BCUT2D eigenvalue weighted by molar-refractivity contribution is 5.98. The van der Waals surface area contributed by atoms with Crippen LogP contribution >= 0.6 is 0 Å². The number of amides is 1. The Morgan fingerprint density at radius 2 is 2.00 bits per heavy atom. The molecule has 1 saturated heterocycles. The first-order valence-corrected chi connectivity index (χ1v) is 11.7. The van der Waals surface area contributed by atoms with Gasteiger partial charge in [0.05, 0.1) is 5.69 Å². The van der Waals surface area contributed by atoms with E-state index in [-0.39, 0.29) is 11.7 Å². The van der Waals surface area contributed by atoms with E-state index in [1.54, 1.807) is 4.90 Å². The van der Waals surface area contributed by atoms with Crippen molar-refractivity contribution in [2.24, 2.45) is 0 Å². The number of carbonyl (C=O) groups is 1. The predicted molar refractivity (Wildman–Crippen MR) is 123 cm³/mol. The van der Waals surface area contributed by atoms with Crippen molar-refractivity contribution >= 4 is 17.7 Å². The minimum atomic E-state index is -0.0625. The molecule has 1 aromatic heterocycles. The van der Waals surface area contributed by atoms with Crippen molar-refractivity contribution in [1.29, 1.82) is 0 Å². The molecule has 1 N–H and O–H groups in total. The summed E-state index contributed by atoms with van der Waals surface area (Å²) in [6.07, 6.45) is 11.3. The molecule has 0 radical (unpaired) electrons. The van der Waals surface area contributed by atoms with E-state index in [1.807, 2.05) is 13.0 Å². The summed E-state index contributed by atoms with van der Waals surface area (Å²) in [6, 6.07) is 2.03. The van der Waals surface area contributed by atoms with Crippen LogP contribution in [0.2, 0.25) is 0 Å². The van der Waals surface area contributed by atoms with E-state index in [2.05, 4.69) is 35.2 Å². The smallest absolute Gasteiger partial charge is 0.227 e. The molecule has 0 saturated carbocycles. The van der Waals surface area contributed by atoms with Gasteiger partial charge in [-0.05, 0) is 93.3 Å². The summed E-state index contributed by atoms with van der Waals surface area (Å²) in [7, 11) is 0. The molecule has 5 heteroatoms. The summed E-state index contributed by atoms with van der Waals surface area (Å²) in [6.45, 7) is 8.01. The number of hydrogen-bond donors (Lipinski definition) is 1. The van der Waals surface area contributed by atoms with Gasteiger partial charge in [-0.3, -0.25) is 4.79 Å². The Morgan fingerprint density at radius 3 is 2.77 bits per heavy atom. The number of rotatable bonds is 5. The van der Waals surface area contributed by atoms with Crippen LogP contribution in [0.25, 0.3) is 6.08 Å². The molecule has 0 bridgehead atoms. The van der Waals surface area contributed by atoms with E-state index in [1.165, 1.54) is 16.8 Å². The van der Waals surface area contributed by atoms with Crippen molar-refractivity contribution in [3.63, 3.8) is 0 Å². The second kappa shape index (κ2) is 8.27. The minimum Gasteiger partial charge on any atom is -0.361 e. The SMILES string of the molecule is C/C=C\c1[nH]cc(C2CCN(CCc3cc4c5c(c3F)CCC(=O)N5CC4)CC2)c1C. The number of benzene rings is 1. The third kappa shape index (κ3) is 3.63. The summed E-state index contributed by atoms with van der Waals surface area (Å²) in [5.41, 5.74) is 7.72. The molecule has 1 fully saturated rings. The van der Waals surface area contributed by atoms with Gasteiger partial charge < -0.3 is 14.8 Å². The number of aromatic amines is 1. The van der Waals surface area contributed by atoms with Gasteiger partial charge in [0.25, 0.3) is 0 Å². The van der Waals surface area contributed by atoms with E-state index < -0.39 is 0 Å². The van der Waals surface area contributed by atoms with Gasteiger partial charge in [-0.25, -0.2) is 4.39 Å². The van der Waals surface area contributed by atoms with Crippen molar-refractivity contribution in [2.45, 2.75) is 58.3 Å². The van der Waals surface area contributed by atoms with Crippen LogP contribution in [0.15, 0.2) is 18.3 Å². The maximum Gasteiger partial charge on any atom is 0.227 e. The zero-order valence-electron chi connectivity index (χ0n) is 18.6. The molecule has 3 aliphatic rings. The van der Waals surface area contributed by atoms with E-state index in [0.29, 0.717) is 25.3 Å². The number of piperidine rings is 1. The van der Waals surface area contributed by atoms with Crippen LogP contribution in [0, 0.1) is 12.7 Å². The highest BCUT2D eigenvalue weighted by Crippen LogP contribution is 2.39. The van der Waals surface area contributed by atoms with Crippen LogP contribution in [0.1, 0.15) is 65.6 Å². The largest absolute Gasteiger partial charge is 0.361 e. The molecule has 1 aromatic carbocycles. The number of nitrogens with one attached hydrogen (secondary N) is 1. The van der Waals surface area contributed by atoms with Gasteiger partial charge in [0.2, 0.25) is 5.91 Å². The monoisotopic (exact) mass is 421 g/mol. The molecule has 3 aliphatic heterocycles. The molecular formula is C26H32FN3O. The van der Waals surface area contributed by atoms with Crippen LogP contribution in [-0.2, 0) is 24.1 Å². The van der Waals surface area contributed by atoms with Crippen molar-refractivity contribution < 1.29 is 9.18 Å². The summed E-state index contributed by atoms with van der Waals surface area (Å²) >= 11 is 0. The van der Waals surface area contributed by atoms with Crippen LogP contribution in [0.3, 0.4) is 0 Å². The fourth-order valence-electron chi connectivity index (χ4n) is 5.77. The number of nitrogens with zero attached hydrogens (tertiary/aromatic N) is 2. The first-order chi connectivity index (χ1) is 15.1. The van der Waals surface area contributed by atoms with Crippen molar-refractivity contribution in [1.82, 2.24) is 9.88 Å². The number of aromatic nitrogens is 1. The molecule has 4 nitrogen and oxygen atoms in total. The summed E-state index contributed by atoms with van der Waals surface area (Å²) in [4.78, 5) is 19.8. The van der Waals surface area contributed by atoms with Gasteiger partial charge in [-0.15, -0.1) is 0 Å². The third-order valence-corrected chi connectivity index (χ3v) is 7.53. The number of likely N-dealkylation sites (tertiary alicyclic amines) is 1. The van der Waals surface area contributed by atoms with Gasteiger partial charge in [0.1, 0.15) is 5.82 Å². The van der Waals surface area contributed by atoms with E-state index >= 15 is 4.39 Å². The van der Waals surface area contributed by atoms with Gasteiger partial charge in [-0.2, -0.15) is 0 Å². The van der Waals surface area contributed by atoms with Crippen molar-refractivity contribution in [3.8, 4) is 0 Å². The molecule has 0 atom stereocenters. The third-order valence-electron chi connectivity index (χ3n) is 7.53. The molecule has 5 rings (SSSR count). The fourth-order valence-corrected chi connectivity index (χ4v) is 5.77. The van der Waals surface area contributed by atoms with Gasteiger partial charge in [-0.1, -0.05) is 12.1 Å². The maximum absolute atomic E-state index is 15.2. The molecule has 1 amide bonds. The first-order valence-electron chi connectivity index (χ1n) is 11.7. The fraction of sp³-hybridized carbons (Fsp3) is 0.500. The number of allylic oxidation sites excluding steroid dienone is 1. The van der Waals surface area contributed by atoms with Crippen LogP contribution in [-0.4, -0.2) is 42.0 Å². The lowest BCUT2D eigenvalue weighted by Gasteiger charge is -2.32. The lowest BCUT2D eigenvalue weighted by Crippen LogP contribution is -2.35. The zero-order valence-corrected chi connectivity index (χ0v) is 18.6. The van der Waals surface area contributed by atoms with Crippen molar-refractivity contribution in [2.75, 3.05) is 31.1 Å². The Kier molecular flexibility index (Phi) is 5.47. The summed E-state index contributed by atoms with van der Waals surface area (Å²) in [5.74, 6) is 0.695. The lowest BCUT2D eigenvalue weighted by molar-refractivity contribution is -0.118. The average molecular weight is 422 g/mol.